The molecule has 1 aromatic rings. The molecule has 0 atom stereocenters. The summed E-state index contributed by atoms with van der Waals surface area (Å²) in [6.07, 6.45) is 0. The van der Waals surface area contributed by atoms with Gasteiger partial charge in [0.25, 0.3) is 0 Å². The van der Waals surface area contributed by atoms with Crippen molar-refractivity contribution in [2.45, 2.75) is 12.6 Å². The molecule has 0 unspecified atom stereocenters. The largest absolute Gasteiger partial charge is 0.325 e. The van der Waals surface area contributed by atoms with Gasteiger partial charge in [0.2, 0.25) is 0 Å². The molecule has 0 bridgehead atoms. The molecule has 0 radical (unpaired) electrons. The summed E-state index contributed by atoms with van der Waals surface area (Å²) >= 11 is 0. The van der Waals surface area contributed by atoms with E-state index in [0.717, 1.165) is 19.2 Å². The highest BCUT2D eigenvalue weighted by Crippen LogP contribution is 2.14. The summed E-state index contributed by atoms with van der Waals surface area (Å²) in [5.41, 5.74) is 6.25. The highest BCUT2D eigenvalue weighted by molar-refractivity contribution is 5.18. The summed E-state index contributed by atoms with van der Waals surface area (Å²) in [5, 5.41) is 0. The molecule has 0 spiro atoms. The van der Waals surface area contributed by atoms with E-state index in [1.165, 1.54) is 12.1 Å². The van der Waals surface area contributed by atoms with E-state index in [1.54, 1.807) is 0 Å². The van der Waals surface area contributed by atoms with E-state index in [4.69, 9.17) is 5.73 Å². The first kappa shape index (κ1) is 9.55. The quantitative estimate of drug-likeness (QED) is 0.771. The Morgan fingerprint density at radius 2 is 1.79 bits per heavy atom. The van der Waals surface area contributed by atoms with Crippen LogP contribution in [0, 0.1) is 11.6 Å². The van der Waals surface area contributed by atoms with Crippen molar-refractivity contribution in [1.82, 2.24) is 4.90 Å². The smallest absolute Gasteiger partial charge is 0.126 e. The number of benzene rings is 1. The Labute approximate surface area is 81.3 Å². The summed E-state index contributed by atoms with van der Waals surface area (Å²) < 4.78 is 25.6. The monoisotopic (exact) mass is 198 g/mol. The Bertz CT molecular complexity index is 315. The topological polar surface area (TPSA) is 29.3 Å². The van der Waals surface area contributed by atoms with Crippen molar-refractivity contribution in [2.75, 3.05) is 13.1 Å². The van der Waals surface area contributed by atoms with Crippen LogP contribution >= 0.6 is 0 Å². The Morgan fingerprint density at radius 1 is 1.21 bits per heavy atom. The van der Waals surface area contributed by atoms with Crippen LogP contribution in [0.2, 0.25) is 0 Å². The SMILES string of the molecule is NC1CN(Cc2cc(F)cc(F)c2)C1. The van der Waals surface area contributed by atoms with Crippen LogP contribution in [0.5, 0.6) is 0 Å². The van der Waals surface area contributed by atoms with Gasteiger partial charge in [0.15, 0.2) is 0 Å². The van der Waals surface area contributed by atoms with Gasteiger partial charge in [-0.05, 0) is 17.7 Å². The first-order chi connectivity index (χ1) is 6.63. The molecule has 1 aliphatic rings. The van der Waals surface area contributed by atoms with Crippen LogP contribution < -0.4 is 5.73 Å². The van der Waals surface area contributed by atoms with Gasteiger partial charge in [0.05, 0.1) is 0 Å². The highest BCUT2D eigenvalue weighted by Gasteiger charge is 2.22. The van der Waals surface area contributed by atoms with Gasteiger partial charge in [-0.3, -0.25) is 4.90 Å². The number of halogens is 2. The minimum absolute atomic E-state index is 0.216. The maximum atomic E-state index is 12.8. The van der Waals surface area contributed by atoms with Gasteiger partial charge in [-0.15, -0.1) is 0 Å². The van der Waals surface area contributed by atoms with Crippen LogP contribution in [-0.4, -0.2) is 24.0 Å². The van der Waals surface area contributed by atoms with Gasteiger partial charge in [-0.1, -0.05) is 0 Å². The molecule has 2 rings (SSSR count). The molecule has 14 heavy (non-hydrogen) atoms. The van der Waals surface area contributed by atoms with Crippen molar-refractivity contribution in [2.24, 2.45) is 5.73 Å². The third-order valence-corrected chi connectivity index (χ3v) is 2.31. The molecule has 2 N–H and O–H groups in total. The maximum absolute atomic E-state index is 12.8. The lowest BCUT2D eigenvalue weighted by atomic mass is 10.1. The normalized spacial score (nSPS) is 18.2. The Hall–Kier alpha value is -1.00. The molecule has 0 amide bonds. The zero-order chi connectivity index (χ0) is 10.1. The van der Waals surface area contributed by atoms with Crippen LogP contribution in [0.3, 0.4) is 0 Å². The van der Waals surface area contributed by atoms with E-state index >= 15 is 0 Å². The zero-order valence-corrected chi connectivity index (χ0v) is 7.71. The average Bonchev–Trinajstić information content (AvgIpc) is 1.99. The molecule has 1 aliphatic heterocycles. The van der Waals surface area contributed by atoms with E-state index in [9.17, 15) is 8.78 Å². The predicted octanol–water partition coefficient (Wildman–Crippen LogP) is 1.11. The third kappa shape index (κ3) is 2.08. The lowest BCUT2D eigenvalue weighted by Crippen LogP contribution is -2.54. The van der Waals surface area contributed by atoms with E-state index < -0.39 is 11.6 Å². The first-order valence-corrected chi connectivity index (χ1v) is 4.56. The molecule has 1 aromatic carbocycles. The minimum Gasteiger partial charge on any atom is -0.325 e. The van der Waals surface area contributed by atoms with Crippen molar-refractivity contribution in [3.05, 3.63) is 35.4 Å². The lowest BCUT2D eigenvalue weighted by molar-refractivity contribution is 0.142. The average molecular weight is 198 g/mol. The van der Waals surface area contributed by atoms with Crippen LogP contribution in [0.25, 0.3) is 0 Å². The zero-order valence-electron chi connectivity index (χ0n) is 7.71. The van der Waals surface area contributed by atoms with Crippen LogP contribution in [0.4, 0.5) is 8.78 Å². The number of nitrogens with two attached hydrogens (primary N) is 1. The van der Waals surface area contributed by atoms with Gasteiger partial charge in [-0.2, -0.15) is 0 Å². The molecular formula is C10H12F2N2. The number of hydrogen-bond donors (Lipinski definition) is 1. The van der Waals surface area contributed by atoms with Crippen LogP contribution in [0.1, 0.15) is 5.56 Å². The van der Waals surface area contributed by atoms with Gasteiger partial charge in [0.1, 0.15) is 11.6 Å². The fraction of sp³-hybridized carbons (Fsp3) is 0.400. The van der Waals surface area contributed by atoms with Gasteiger partial charge in [-0.25, -0.2) is 8.78 Å². The maximum Gasteiger partial charge on any atom is 0.126 e. The van der Waals surface area contributed by atoms with Crippen molar-refractivity contribution in [1.29, 1.82) is 0 Å². The standard InChI is InChI=1S/C10H12F2N2/c11-8-1-7(2-9(12)3-8)4-14-5-10(13)6-14/h1-3,10H,4-6,13H2. The number of rotatable bonds is 2. The van der Waals surface area contributed by atoms with E-state index in [1.807, 2.05) is 0 Å². The fourth-order valence-electron chi connectivity index (χ4n) is 1.70. The van der Waals surface area contributed by atoms with E-state index in [2.05, 4.69) is 4.90 Å². The number of likely N-dealkylation sites (tertiary alicyclic amines) is 1. The Balaban J connectivity index is 2.02. The second-order valence-corrected chi connectivity index (χ2v) is 3.73. The molecule has 76 valence electrons. The van der Waals surface area contributed by atoms with E-state index in [0.29, 0.717) is 12.1 Å². The van der Waals surface area contributed by atoms with Crippen molar-refractivity contribution < 1.29 is 8.78 Å². The van der Waals surface area contributed by atoms with Crippen LogP contribution in [-0.2, 0) is 6.54 Å². The summed E-state index contributed by atoms with van der Waals surface area (Å²) in [5.74, 6) is -1.05. The third-order valence-electron chi connectivity index (χ3n) is 2.31. The molecule has 2 nitrogen and oxygen atoms in total. The molecular weight excluding hydrogens is 186 g/mol. The Kier molecular flexibility index (Phi) is 2.48. The minimum atomic E-state index is -0.523. The summed E-state index contributed by atoms with van der Waals surface area (Å²) in [7, 11) is 0. The highest BCUT2D eigenvalue weighted by atomic mass is 19.1. The molecule has 0 aliphatic carbocycles. The first-order valence-electron chi connectivity index (χ1n) is 4.56. The molecule has 1 saturated heterocycles. The predicted molar refractivity (Wildman–Crippen MR) is 49.6 cm³/mol. The molecule has 1 fully saturated rings. The molecule has 1 heterocycles. The summed E-state index contributed by atoms with van der Waals surface area (Å²) in [4.78, 5) is 2.05. The van der Waals surface area contributed by atoms with Crippen molar-refractivity contribution in [3.8, 4) is 0 Å². The molecule has 0 aromatic heterocycles. The number of hydrogen-bond acceptors (Lipinski definition) is 2. The van der Waals surface area contributed by atoms with Gasteiger partial charge in [0, 0.05) is 31.7 Å². The fourth-order valence-corrected chi connectivity index (χ4v) is 1.70. The van der Waals surface area contributed by atoms with Crippen molar-refractivity contribution in [3.63, 3.8) is 0 Å². The van der Waals surface area contributed by atoms with E-state index in [-0.39, 0.29) is 6.04 Å². The van der Waals surface area contributed by atoms with Gasteiger partial charge < -0.3 is 5.73 Å². The molecule has 0 saturated carbocycles. The summed E-state index contributed by atoms with van der Waals surface area (Å²) in [6, 6.07) is 3.80. The number of nitrogens with zero attached hydrogens (tertiary/aromatic N) is 1. The van der Waals surface area contributed by atoms with Crippen LogP contribution in [0.15, 0.2) is 18.2 Å². The van der Waals surface area contributed by atoms with Gasteiger partial charge >= 0.3 is 0 Å². The Morgan fingerprint density at radius 3 is 2.29 bits per heavy atom. The second kappa shape index (κ2) is 3.63. The second-order valence-electron chi connectivity index (χ2n) is 3.73. The van der Waals surface area contributed by atoms with Crippen molar-refractivity contribution >= 4 is 0 Å². The lowest BCUT2D eigenvalue weighted by Gasteiger charge is -2.36. The summed E-state index contributed by atoms with van der Waals surface area (Å²) in [6.45, 7) is 2.18. The molecule has 4 heteroatoms.